The Hall–Kier alpha value is -1.60. The zero-order chi connectivity index (χ0) is 14.8. The molecule has 0 radical (unpaired) electrons. The molecule has 2 N–H and O–H groups in total. The number of hydrogen-bond donors (Lipinski definition) is 1. The van der Waals surface area contributed by atoms with Gasteiger partial charge in [-0.2, -0.15) is 13.2 Å². The van der Waals surface area contributed by atoms with Crippen LogP contribution in [-0.4, -0.2) is 48.2 Å². The van der Waals surface area contributed by atoms with Crippen molar-refractivity contribution in [2.75, 3.05) is 13.1 Å². The molecule has 1 atom stereocenters. The third-order valence-corrected chi connectivity index (χ3v) is 3.04. The summed E-state index contributed by atoms with van der Waals surface area (Å²) in [6, 6.07) is -0.870. The maximum atomic E-state index is 12.5. The number of carbonyl (C=O) groups is 2. The van der Waals surface area contributed by atoms with Crippen LogP contribution in [0.3, 0.4) is 0 Å². The smallest absolute Gasteiger partial charge is 0.369 e. The van der Waals surface area contributed by atoms with E-state index in [0.717, 1.165) is 0 Å². The normalized spacial score (nSPS) is 20.5. The van der Waals surface area contributed by atoms with Gasteiger partial charge in [0.05, 0.1) is 12.6 Å². The Morgan fingerprint density at radius 2 is 2.00 bits per heavy atom. The molecule has 0 fully saturated rings. The van der Waals surface area contributed by atoms with E-state index in [-0.39, 0.29) is 19.5 Å². The van der Waals surface area contributed by atoms with Gasteiger partial charge in [-0.15, -0.1) is 0 Å². The van der Waals surface area contributed by atoms with Gasteiger partial charge in [-0.3, -0.25) is 14.6 Å². The van der Waals surface area contributed by atoms with E-state index < -0.39 is 29.4 Å². The lowest BCUT2D eigenvalue weighted by Gasteiger charge is -2.35. The minimum absolute atomic E-state index is 0.00759. The van der Waals surface area contributed by atoms with E-state index in [1.165, 1.54) is 20.1 Å². The van der Waals surface area contributed by atoms with Crippen molar-refractivity contribution in [3.8, 4) is 0 Å². The van der Waals surface area contributed by atoms with E-state index >= 15 is 0 Å². The molecule has 0 spiro atoms. The number of rotatable bonds is 3. The molecule has 0 saturated heterocycles. The molecule has 19 heavy (non-hydrogen) atoms. The summed E-state index contributed by atoms with van der Waals surface area (Å²) in [5, 5.41) is 0. The Kier molecular flexibility index (Phi) is 4.21. The SMILES string of the molecule is CC(C)(CC1C=NCCN1C(=O)C(F)(F)F)C(N)=O. The molecule has 0 aromatic rings. The van der Waals surface area contributed by atoms with E-state index in [9.17, 15) is 22.8 Å². The lowest BCUT2D eigenvalue weighted by molar-refractivity contribution is -0.187. The topological polar surface area (TPSA) is 75.8 Å². The Morgan fingerprint density at radius 1 is 1.42 bits per heavy atom. The van der Waals surface area contributed by atoms with Crippen LogP contribution in [-0.2, 0) is 9.59 Å². The largest absolute Gasteiger partial charge is 0.471 e. The number of alkyl halides is 3. The second-order valence-corrected chi connectivity index (χ2v) is 5.07. The van der Waals surface area contributed by atoms with Crippen molar-refractivity contribution in [3.63, 3.8) is 0 Å². The highest BCUT2D eigenvalue weighted by Crippen LogP contribution is 2.27. The zero-order valence-corrected chi connectivity index (χ0v) is 10.7. The first kappa shape index (κ1) is 15.5. The molecule has 1 aliphatic heterocycles. The maximum absolute atomic E-state index is 12.5. The van der Waals surface area contributed by atoms with Gasteiger partial charge in [0.1, 0.15) is 0 Å². The van der Waals surface area contributed by atoms with Gasteiger partial charge in [0, 0.05) is 18.2 Å². The summed E-state index contributed by atoms with van der Waals surface area (Å²) >= 11 is 0. The number of halogens is 3. The maximum Gasteiger partial charge on any atom is 0.471 e. The van der Waals surface area contributed by atoms with Crippen molar-refractivity contribution >= 4 is 18.0 Å². The summed E-state index contributed by atoms with van der Waals surface area (Å²) in [4.78, 5) is 27.1. The second kappa shape index (κ2) is 5.18. The molecule has 0 aromatic heterocycles. The van der Waals surface area contributed by atoms with E-state index in [1.54, 1.807) is 0 Å². The first-order valence-electron chi connectivity index (χ1n) is 5.73. The highest BCUT2D eigenvalue weighted by Gasteiger charge is 2.46. The number of nitrogens with two attached hydrogens (primary N) is 1. The molecule has 0 aliphatic carbocycles. The molecular formula is C11H16F3N3O2. The van der Waals surface area contributed by atoms with Crippen molar-refractivity contribution in [2.45, 2.75) is 32.5 Å². The summed E-state index contributed by atoms with van der Waals surface area (Å²) in [5.74, 6) is -2.55. The molecule has 1 heterocycles. The molecule has 0 bridgehead atoms. The number of hydrogen-bond acceptors (Lipinski definition) is 3. The number of primary amides is 1. The molecular weight excluding hydrogens is 263 g/mol. The number of aliphatic imine (C=N–C) groups is 1. The predicted molar refractivity (Wildman–Crippen MR) is 62.5 cm³/mol. The minimum atomic E-state index is -4.93. The minimum Gasteiger partial charge on any atom is -0.369 e. The van der Waals surface area contributed by atoms with Crippen LogP contribution in [0.2, 0.25) is 0 Å². The van der Waals surface area contributed by atoms with Gasteiger partial charge in [0.25, 0.3) is 0 Å². The highest BCUT2D eigenvalue weighted by molar-refractivity contribution is 5.86. The summed E-state index contributed by atoms with van der Waals surface area (Å²) in [6.07, 6.45) is -3.65. The van der Waals surface area contributed by atoms with Crippen LogP contribution in [0.1, 0.15) is 20.3 Å². The van der Waals surface area contributed by atoms with Crippen molar-refractivity contribution in [1.82, 2.24) is 4.90 Å². The van der Waals surface area contributed by atoms with Crippen molar-refractivity contribution in [2.24, 2.45) is 16.1 Å². The molecule has 1 rings (SSSR count). The fraction of sp³-hybridized carbons (Fsp3) is 0.727. The molecule has 1 aliphatic rings. The molecule has 108 valence electrons. The van der Waals surface area contributed by atoms with Gasteiger partial charge < -0.3 is 10.6 Å². The average Bonchev–Trinajstić information content (AvgIpc) is 2.27. The molecule has 5 nitrogen and oxygen atoms in total. The number of amides is 2. The summed E-state index contributed by atoms with van der Waals surface area (Å²) in [7, 11) is 0. The number of carbonyl (C=O) groups excluding carboxylic acids is 2. The van der Waals surface area contributed by atoms with Crippen LogP contribution in [0.4, 0.5) is 13.2 Å². The Bertz CT molecular complexity index is 404. The van der Waals surface area contributed by atoms with Crippen LogP contribution < -0.4 is 5.73 Å². The standard InChI is InChI=1S/C11H16F3N3O2/c1-10(2,8(15)18)5-7-6-16-3-4-17(7)9(19)11(12,13)14/h6-7H,3-5H2,1-2H3,(H2,15,18). The highest BCUT2D eigenvalue weighted by atomic mass is 19.4. The quantitative estimate of drug-likeness (QED) is 0.827. The zero-order valence-electron chi connectivity index (χ0n) is 10.7. The van der Waals surface area contributed by atoms with Crippen LogP contribution in [0, 0.1) is 5.41 Å². The van der Waals surface area contributed by atoms with Crippen LogP contribution in [0.5, 0.6) is 0 Å². The molecule has 2 amide bonds. The second-order valence-electron chi connectivity index (χ2n) is 5.07. The average molecular weight is 279 g/mol. The van der Waals surface area contributed by atoms with Crippen LogP contribution in [0.25, 0.3) is 0 Å². The lowest BCUT2D eigenvalue weighted by atomic mass is 9.84. The third kappa shape index (κ3) is 3.68. The summed E-state index contributed by atoms with van der Waals surface area (Å²) in [6.45, 7) is 3.05. The third-order valence-electron chi connectivity index (χ3n) is 3.04. The van der Waals surface area contributed by atoms with Crippen LogP contribution >= 0.6 is 0 Å². The van der Waals surface area contributed by atoms with E-state index in [1.807, 2.05) is 0 Å². The van der Waals surface area contributed by atoms with Crippen molar-refractivity contribution in [3.05, 3.63) is 0 Å². The first-order valence-corrected chi connectivity index (χ1v) is 5.73. The Balaban J connectivity index is 2.91. The van der Waals surface area contributed by atoms with E-state index in [4.69, 9.17) is 5.73 Å². The molecule has 1 unspecified atom stereocenters. The van der Waals surface area contributed by atoms with Crippen LogP contribution in [0.15, 0.2) is 4.99 Å². The van der Waals surface area contributed by atoms with Gasteiger partial charge in [0.2, 0.25) is 5.91 Å². The fourth-order valence-electron chi connectivity index (χ4n) is 1.81. The van der Waals surface area contributed by atoms with Gasteiger partial charge in [-0.1, -0.05) is 13.8 Å². The van der Waals surface area contributed by atoms with Gasteiger partial charge in [0.15, 0.2) is 0 Å². The van der Waals surface area contributed by atoms with Crippen molar-refractivity contribution < 1.29 is 22.8 Å². The van der Waals surface area contributed by atoms with Gasteiger partial charge in [-0.05, 0) is 6.42 Å². The Labute approximate surface area is 108 Å². The molecule has 0 aromatic carbocycles. The monoisotopic (exact) mass is 279 g/mol. The predicted octanol–water partition coefficient (Wildman–Crippen LogP) is 0.732. The van der Waals surface area contributed by atoms with Crippen molar-refractivity contribution in [1.29, 1.82) is 0 Å². The first-order chi connectivity index (χ1) is 8.55. The summed E-state index contributed by atoms with van der Waals surface area (Å²) in [5.41, 5.74) is 4.17. The molecule has 8 heteroatoms. The van der Waals surface area contributed by atoms with E-state index in [2.05, 4.69) is 4.99 Å². The lowest BCUT2D eigenvalue weighted by Crippen LogP contribution is -2.52. The fourth-order valence-corrected chi connectivity index (χ4v) is 1.81. The van der Waals surface area contributed by atoms with E-state index in [0.29, 0.717) is 4.90 Å². The number of nitrogens with zero attached hydrogens (tertiary/aromatic N) is 2. The summed E-state index contributed by atoms with van der Waals surface area (Å²) < 4.78 is 37.4. The van der Waals surface area contributed by atoms with Gasteiger partial charge in [-0.25, -0.2) is 0 Å². The Morgan fingerprint density at radius 3 is 2.47 bits per heavy atom. The van der Waals surface area contributed by atoms with Gasteiger partial charge >= 0.3 is 12.1 Å². The molecule has 0 saturated carbocycles.